The molecule has 7 amide bonds. The van der Waals surface area contributed by atoms with E-state index in [4.69, 9.17) is 4.74 Å². The van der Waals surface area contributed by atoms with E-state index >= 15 is 0 Å². The number of carbonyl (C=O) groups excluding carboxylic acids is 7. The maximum atomic E-state index is 14.4. The summed E-state index contributed by atoms with van der Waals surface area (Å²) in [6, 6.07) is 8.50. The molecular weight excluding hydrogens is 781 g/mol. The third-order valence-electron chi connectivity index (χ3n) is 9.71. The molecule has 308 valence electrons. The summed E-state index contributed by atoms with van der Waals surface area (Å²) >= 11 is 1.11. The Kier molecular flexibility index (Phi) is 12.7. The first-order valence-corrected chi connectivity index (χ1v) is 19.5. The third kappa shape index (κ3) is 9.93. The van der Waals surface area contributed by atoms with Crippen molar-refractivity contribution in [3.63, 3.8) is 0 Å². The number of carbonyl (C=O) groups is 7. The van der Waals surface area contributed by atoms with Crippen molar-refractivity contribution >= 4 is 74.5 Å². The number of nitrogens with zero attached hydrogens (tertiary/aromatic N) is 2. The maximum absolute atomic E-state index is 14.4. The minimum atomic E-state index is -1.27. The molecule has 3 aromatic heterocycles. The van der Waals surface area contributed by atoms with Gasteiger partial charge in [-0.1, -0.05) is 24.8 Å². The molecule has 0 radical (unpaired) electrons. The molecule has 0 saturated carbocycles. The number of benzene rings is 2. The van der Waals surface area contributed by atoms with Crippen LogP contribution in [0.15, 0.2) is 72.5 Å². The second kappa shape index (κ2) is 18.1. The molecule has 2 aromatic carbocycles. The highest BCUT2D eigenvalue weighted by Gasteiger charge is 2.31. The van der Waals surface area contributed by atoms with E-state index in [-0.39, 0.29) is 24.2 Å². The molecule has 6 rings (SSSR count). The van der Waals surface area contributed by atoms with E-state index in [1.807, 2.05) is 30.3 Å². The molecule has 18 nitrogen and oxygen atoms in total. The van der Waals surface area contributed by atoms with Crippen LogP contribution in [0.4, 0.5) is 0 Å². The van der Waals surface area contributed by atoms with Crippen LogP contribution < -0.4 is 36.6 Å². The van der Waals surface area contributed by atoms with Crippen molar-refractivity contribution in [2.24, 2.45) is 0 Å². The SMILES string of the molecule is C=C1NC(=O)C(C)NC(=O)CNC(=O)C(Cc2c[nH]c3ccc(OC)cc23)NC(=O)C(Cc2c[nH]c3ccccc23)NC(=O)c2csc(n2)C(C)NC(=O)CN(C)C1=O. The van der Waals surface area contributed by atoms with Gasteiger partial charge in [0.2, 0.25) is 29.5 Å². The van der Waals surface area contributed by atoms with E-state index in [9.17, 15) is 33.6 Å². The molecule has 1 aliphatic heterocycles. The highest BCUT2D eigenvalue weighted by atomic mass is 32.1. The first-order chi connectivity index (χ1) is 28.2. The molecule has 1 aliphatic rings. The normalized spacial score (nSPS) is 20.9. The number of hydrogen-bond donors (Lipinski definition) is 8. The fourth-order valence-electron chi connectivity index (χ4n) is 6.53. The summed E-state index contributed by atoms with van der Waals surface area (Å²) in [4.78, 5) is 106. The minimum Gasteiger partial charge on any atom is -0.497 e. The zero-order valence-corrected chi connectivity index (χ0v) is 33.5. The lowest BCUT2D eigenvalue weighted by molar-refractivity contribution is -0.133. The molecule has 8 N–H and O–H groups in total. The van der Waals surface area contributed by atoms with Crippen LogP contribution in [0.25, 0.3) is 21.8 Å². The van der Waals surface area contributed by atoms with Gasteiger partial charge >= 0.3 is 0 Å². The van der Waals surface area contributed by atoms with Crippen LogP contribution in [0.2, 0.25) is 0 Å². The molecule has 0 saturated heterocycles. The van der Waals surface area contributed by atoms with Crippen LogP contribution in [0.3, 0.4) is 0 Å². The third-order valence-corrected chi connectivity index (χ3v) is 10.7. The summed E-state index contributed by atoms with van der Waals surface area (Å²) in [5, 5.41) is 19.1. The van der Waals surface area contributed by atoms with E-state index in [1.165, 1.54) is 26.5 Å². The van der Waals surface area contributed by atoms with Crippen LogP contribution in [0, 0.1) is 0 Å². The minimum absolute atomic E-state index is 0.0149. The van der Waals surface area contributed by atoms with Crippen LogP contribution in [0.1, 0.15) is 46.5 Å². The summed E-state index contributed by atoms with van der Waals surface area (Å²) in [6.07, 6.45) is 3.42. The van der Waals surface area contributed by atoms with Gasteiger partial charge in [0.15, 0.2) is 0 Å². The molecule has 4 atom stereocenters. The summed E-state index contributed by atoms with van der Waals surface area (Å²) in [6.45, 7) is 5.65. The number of rotatable bonds is 5. The quantitative estimate of drug-likeness (QED) is 0.118. The van der Waals surface area contributed by atoms with Crippen LogP contribution in [-0.4, -0.2) is 107 Å². The lowest BCUT2D eigenvalue weighted by Crippen LogP contribution is -2.56. The summed E-state index contributed by atoms with van der Waals surface area (Å²) in [7, 11) is 2.87. The number of para-hydroxylation sites is 1. The second-order valence-electron chi connectivity index (χ2n) is 14.1. The Morgan fingerprint density at radius 3 is 2.19 bits per heavy atom. The van der Waals surface area contributed by atoms with Crippen molar-refractivity contribution in [1.82, 2.24) is 51.8 Å². The van der Waals surface area contributed by atoms with Gasteiger partial charge in [0.25, 0.3) is 11.8 Å². The topological polar surface area (TPSA) is 249 Å². The van der Waals surface area contributed by atoms with Crippen molar-refractivity contribution in [3.05, 3.63) is 94.3 Å². The first kappa shape index (κ1) is 41.6. The molecule has 5 aromatic rings. The highest BCUT2D eigenvalue weighted by Crippen LogP contribution is 2.25. The highest BCUT2D eigenvalue weighted by molar-refractivity contribution is 7.09. The zero-order valence-electron chi connectivity index (χ0n) is 32.7. The van der Waals surface area contributed by atoms with Gasteiger partial charge in [0.1, 0.15) is 34.6 Å². The molecule has 0 spiro atoms. The van der Waals surface area contributed by atoms with Gasteiger partial charge in [-0.15, -0.1) is 11.3 Å². The number of ether oxygens (including phenoxy) is 1. The van der Waals surface area contributed by atoms with Gasteiger partial charge < -0.3 is 51.5 Å². The Hall–Kier alpha value is -7.02. The van der Waals surface area contributed by atoms with Crippen LogP contribution >= 0.6 is 11.3 Å². The fourth-order valence-corrected chi connectivity index (χ4v) is 7.34. The average Bonchev–Trinajstić information content (AvgIpc) is 3.98. The fraction of sp³-hybridized carbons (Fsp3) is 0.300. The van der Waals surface area contributed by atoms with Crippen molar-refractivity contribution in [1.29, 1.82) is 0 Å². The van der Waals surface area contributed by atoms with Gasteiger partial charge in [-0.25, -0.2) is 4.98 Å². The largest absolute Gasteiger partial charge is 0.497 e. The lowest BCUT2D eigenvalue weighted by atomic mass is 10.0. The number of aromatic amines is 2. The van der Waals surface area contributed by atoms with Gasteiger partial charge in [0, 0.05) is 59.5 Å². The Morgan fingerprint density at radius 1 is 0.797 bits per heavy atom. The number of hydrogen-bond acceptors (Lipinski definition) is 10. The zero-order chi connectivity index (χ0) is 42.4. The molecule has 19 heteroatoms. The van der Waals surface area contributed by atoms with E-state index < -0.39 is 78.6 Å². The lowest BCUT2D eigenvalue weighted by Gasteiger charge is -2.23. The van der Waals surface area contributed by atoms with Gasteiger partial charge in [-0.3, -0.25) is 33.6 Å². The number of likely N-dealkylation sites (N-methyl/N-ethyl adjacent to an activating group) is 1. The van der Waals surface area contributed by atoms with Crippen molar-refractivity contribution in [3.8, 4) is 5.75 Å². The average molecular weight is 825 g/mol. The number of H-pyrrole nitrogens is 2. The Morgan fingerprint density at radius 2 is 1.46 bits per heavy atom. The van der Waals surface area contributed by atoms with Crippen LogP contribution in [-0.2, 0) is 41.6 Å². The molecule has 0 fully saturated rings. The number of methoxy groups -OCH3 is 1. The van der Waals surface area contributed by atoms with E-state index in [0.717, 1.165) is 43.6 Å². The van der Waals surface area contributed by atoms with E-state index in [1.54, 1.807) is 31.5 Å². The Balaban J connectivity index is 1.33. The van der Waals surface area contributed by atoms with E-state index in [0.29, 0.717) is 16.3 Å². The molecule has 59 heavy (non-hydrogen) atoms. The Bertz CT molecular complexity index is 2450. The van der Waals surface area contributed by atoms with Gasteiger partial charge in [-0.05, 0) is 49.2 Å². The van der Waals surface area contributed by atoms with Crippen molar-refractivity contribution < 1.29 is 38.3 Å². The number of nitrogens with one attached hydrogen (secondary N) is 8. The van der Waals surface area contributed by atoms with E-state index in [2.05, 4.69) is 53.4 Å². The summed E-state index contributed by atoms with van der Waals surface area (Å²) in [5.41, 5.74) is 2.58. The van der Waals surface area contributed by atoms with Crippen LogP contribution in [0.5, 0.6) is 5.75 Å². The molecule has 2 bridgehead atoms. The van der Waals surface area contributed by atoms with Crippen molar-refractivity contribution in [2.75, 3.05) is 27.2 Å². The monoisotopic (exact) mass is 824 g/mol. The van der Waals surface area contributed by atoms with Crippen molar-refractivity contribution in [2.45, 2.75) is 50.9 Å². The number of amides is 7. The molecule has 4 heterocycles. The maximum Gasteiger partial charge on any atom is 0.271 e. The standard InChI is InChI=1S/C40H44N10O8S/c1-20-35(53)46-22(3)40(57)50(4)18-34(52)45-21(2)39-49-32(19-59-39)38(56)48-31(12-23-15-41-28-9-7-6-8-26(23)28)37(55)47-30(36(54)43-17-33(51)44-20)13-24-16-42-29-11-10-25(58-5)14-27(24)29/h6-11,14-16,19-21,30-31,41-42H,3,12-13,17-18H2,1-2,4-5H3,(H,43,54)(H,44,51)(H,45,52)(H,46,53)(H,47,55)(H,48,56). The van der Waals surface area contributed by atoms with Gasteiger partial charge in [-0.2, -0.15) is 0 Å². The molecule has 4 unspecified atom stereocenters. The molecule has 0 aliphatic carbocycles. The second-order valence-corrected chi connectivity index (χ2v) is 15.0. The first-order valence-electron chi connectivity index (χ1n) is 18.6. The molecular formula is C40H44N10O8S. The predicted octanol–water partition coefficient (Wildman–Crippen LogP) is 1.08. The number of thiazole rings is 1. The smallest absolute Gasteiger partial charge is 0.271 e. The summed E-state index contributed by atoms with van der Waals surface area (Å²) in [5.74, 6) is -4.35. The number of aromatic nitrogens is 3. The van der Waals surface area contributed by atoms with Gasteiger partial charge in [0.05, 0.1) is 31.9 Å². The predicted molar refractivity (Wildman–Crippen MR) is 218 cm³/mol. The number of fused-ring (bicyclic) bond motifs is 4. The summed E-state index contributed by atoms with van der Waals surface area (Å²) < 4.78 is 5.41. The Labute approximate surface area is 341 Å².